The summed E-state index contributed by atoms with van der Waals surface area (Å²) in [5.74, 6) is 0.131. The molecule has 2 rings (SSSR count). The maximum absolute atomic E-state index is 11.8. The Morgan fingerprint density at radius 3 is 2.82 bits per heavy atom. The van der Waals surface area contributed by atoms with Gasteiger partial charge in [0.2, 0.25) is 5.91 Å². The molecular weight excluding hydrogens is 232 g/mol. The molecule has 17 heavy (non-hydrogen) atoms. The molecule has 1 aliphatic rings. The molecule has 1 saturated carbocycles. The van der Waals surface area contributed by atoms with Gasteiger partial charge in [0.15, 0.2) is 0 Å². The predicted octanol–water partition coefficient (Wildman–Crippen LogP) is 2.34. The highest BCUT2D eigenvalue weighted by Gasteiger charge is 2.25. The van der Waals surface area contributed by atoms with E-state index < -0.39 is 0 Å². The number of aryl methyl sites for hydroxylation is 1. The van der Waals surface area contributed by atoms with Crippen LogP contribution in [0.1, 0.15) is 25.3 Å². The maximum atomic E-state index is 11.8. The van der Waals surface area contributed by atoms with E-state index in [1.807, 2.05) is 32.0 Å². The molecule has 3 nitrogen and oxygen atoms in total. The van der Waals surface area contributed by atoms with E-state index in [0.717, 1.165) is 29.0 Å². The molecule has 1 atom stereocenters. The molecular formula is C13H18N2OS. The zero-order valence-corrected chi connectivity index (χ0v) is 11.0. The summed E-state index contributed by atoms with van der Waals surface area (Å²) < 4.78 is 0. The van der Waals surface area contributed by atoms with Crippen molar-refractivity contribution in [3.63, 3.8) is 0 Å². The molecule has 1 unspecified atom stereocenters. The van der Waals surface area contributed by atoms with Gasteiger partial charge in [0, 0.05) is 16.6 Å². The summed E-state index contributed by atoms with van der Waals surface area (Å²) in [6.45, 7) is 3.92. The number of rotatable bonds is 4. The van der Waals surface area contributed by atoms with Gasteiger partial charge in [-0.25, -0.2) is 0 Å². The summed E-state index contributed by atoms with van der Waals surface area (Å²) in [5.41, 5.74) is 7.62. The van der Waals surface area contributed by atoms with Gasteiger partial charge in [0.1, 0.15) is 0 Å². The Kier molecular flexibility index (Phi) is 3.62. The number of hydrogen-bond acceptors (Lipinski definition) is 3. The van der Waals surface area contributed by atoms with E-state index >= 15 is 0 Å². The molecule has 1 aromatic rings. The number of amides is 1. The molecule has 0 heterocycles. The molecule has 3 N–H and O–H groups in total. The van der Waals surface area contributed by atoms with Crippen LogP contribution >= 0.6 is 11.8 Å². The van der Waals surface area contributed by atoms with Crippen LogP contribution in [0.25, 0.3) is 0 Å². The highest BCUT2D eigenvalue weighted by atomic mass is 32.2. The van der Waals surface area contributed by atoms with Gasteiger partial charge in [-0.2, -0.15) is 0 Å². The first-order valence-electron chi connectivity index (χ1n) is 5.89. The highest BCUT2D eigenvalue weighted by Crippen LogP contribution is 2.27. The summed E-state index contributed by atoms with van der Waals surface area (Å²) in [6.07, 6.45) is 2.26. The Bertz CT molecular complexity index is 429. The minimum Gasteiger partial charge on any atom is -0.399 e. The van der Waals surface area contributed by atoms with Gasteiger partial charge in [-0.05, 0) is 50.5 Å². The van der Waals surface area contributed by atoms with Crippen LogP contribution in [0.2, 0.25) is 0 Å². The summed E-state index contributed by atoms with van der Waals surface area (Å²) in [7, 11) is 0. The van der Waals surface area contributed by atoms with Crippen molar-refractivity contribution in [3.05, 3.63) is 23.8 Å². The minimum atomic E-state index is -0.0568. The van der Waals surface area contributed by atoms with Crippen LogP contribution in [-0.2, 0) is 4.79 Å². The van der Waals surface area contributed by atoms with Crippen molar-refractivity contribution in [2.24, 2.45) is 0 Å². The predicted molar refractivity (Wildman–Crippen MR) is 72.1 cm³/mol. The van der Waals surface area contributed by atoms with Gasteiger partial charge in [-0.1, -0.05) is 0 Å². The number of carbonyl (C=O) groups excluding carboxylic acids is 1. The zero-order valence-electron chi connectivity index (χ0n) is 10.2. The van der Waals surface area contributed by atoms with Crippen molar-refractivity contribution < 1.29 is 4.79 Å². The van der Waals surface area contributed by atoms with Crippen LogP contribution in [-0.4, -0.2) is 17.2 Å². The first kappa shape index (κ1) is 12.3. The van der Waals surface area contributed by atoms with Crippen molar-refractivity contribution in [1.82, 2.24) is 5.32 Å². The normalized spacial score (nSPS) is 16.6. The molecule has 1 aromatic carbocycles. The molecule has 0 saturated heterocycles. The Hall–Kier alpha value is -1.16. The van der Waals surface area contributed by atoms with Crippen LogP contribution in [0.15, 0.2) is 23.1 Å². The van der Waals surface area contributed by atoms with E-state index in [0.29, 0.717) is 6.04 Å². The van der Waals surface area contributed by atoms with E-state index in [4.69, 9.17) is 5.73 Å². The third-order valence-electron chi connectivity index (χ3n) is 2.85. The van der Waals surface area contributed by atoms with E-state index in [9.17, 15) is 4.79 Å². The van der Waals surface area contributed by atoms with Gasteiger partial charge in [-0.3, -0.25) is 4.79 Å². The van der Waals surface area contributed by atoms with Gasteiger partial charge in [-0.15, -0.1) is 11.8 Å². The van der Waals surface area contributed by atoms with E-state index in [1.165, 1.54) is 0 Å². The smallest absolute Gasteiger partial charge is 0.233 e. The van der Waals surface area contributed by atoms with E-state index in [-0.39, 0.29) is 11.2 Å². The SMILES string of the molecule is Cc1cc(SC(C)C(=O)NC2CC2)ccc1N. The number of nitrogens with one attached hydrogen (secondary N) is 1. The third-order valence-corrected chi connectivity index (χ3v) is 3.94. The number of nitrogen functional groups attached to an aromatic ring is 1. The molecule has 1 fully saturated rings. The lowest BCUT2D eigenvalue weighted by atomic mass is 10.2. The number of hydrogen-bond donors (Lipinski definition) is 2. The Morgan fingerprint density at radius 1 is 1.53 bits per heavy atom. The molecule has 0 bridgehead atoms. The molecule has 0 aliphatic heterocycles. The summed E-state index contributed by atoms with van der Waals surface area (Å²) >= 11 is 1.58. The summed E-state index contributed by atoms with van der Waals surface area (Å²) in [5, 5.41) is 2.96. The van der Waals surface area contributed by atoms with Crippen molar-refractivity contribution in [2.45, 2.75) is 42.9 Å². The number of benzene rings is 1. The highest BCUT2D eigenvalue weighted by molar-refractivity contribution is 8.00. The first-order chi connectivity index (χ1) is 8.06. The quantitative estimate of drug-likeness (QED) is 0.637. The zero-order chi connectivity index (χ0) is 12.4. The second kappa shape index (κ2) is 5.00. The lowest BCUT2D eigenvalue weighted by molar-refractivity contribution is -0.120. The average molecular weight is 250 g/mol. The van der Waals surface area contributed by atoms with Crippen LogP contribution in [0, 0.1) is 6.92 Å². The van der Waals surface area contributed by atoms with Gasteiger partial charge < -0.3 is 11.1 Å². The second-order valence-electron chi connectivity index (χ2n) is 4.56. The maximum Gasteiger partial charge on any atom is 0.233 e. The lowest BCUT2D eigenvalue weighted by Gasteiger charge is -2.12. The molecule has 4 heteroatoms. The average Bonchev–Trinajstić information content (AvgIpc) is 3.07. The lowest BCUT2D eigenvalue weighted by Crippen LogP contribution is -2.32. The third kappa shape index (κ3) is 3.40. The Morgan fingerprint density at radius 2 is 2.24 bits per heavy atom. The number of anilines is 1. The topological polar surface area (TPSA) is 55.1 Å². The Balaban J connectivity index is 1.94. The van der Waals surface area contributed by atoms with Crippen molar-refractivity contribution in [2.75, 3.05) is 5.73 Å². The fourth-order valence-electron chi connectivity index (χ4n) is 1.53. The number of carbonyl (C=O) groups is 1. The molecule has 1 aliphatic carbocycles. The van der Waals surface area contributed by atoms with E-state index in [1.54, 1.807) is 11.8 Å². The molecule has 0 spiro atoms. The van der Waals surface area contributed by atoms with Crippen molar-refractivity contribution in [3.8, 4) is 0 Å². The molecule has 0 aromatic heterocycles. The van der Waals surface area contributed by atoms with Gasteiger partial charge in [0.05, 0.1) is 5.25 Å². The van der Waals surface area contributed by atoms with E-state index in [2.05, 4.69) is 5.32 Å². The van der Waals surface area contributed by atoms with Gasteiger partial charge in [0.25, 0.3) is 0 Å². The number of nitrogens with two attached hydrogens (primary N) is 1. The standard InChI is InChI=1S/C13H18N2OS/c1-8-7-11(5-6-12(8)14)17-9(2)13(16)15-10-3-4-10/h5-7,9-10H,3-4,14H2,1-2H3,(H,15,16). The van der Waals surface area contributed by atoms with Crippen molar-refractivity contribution >= 4 is 23.4 Å². The van der Waals surface area contributed by atoms with Gasteiger partial charge >= 0.3 is 0 Å². The van der Waals surface area contributed by atoms with Crippen LogP contribution in [0.4, 0.5) is 5.69 Å². The molecule has 92 valence electrons. The number of thioether (sulfide) groups is 1. The summed E-state index contributed by atoms with van der Waals surface area (Å²) in [4.78, 5) is 12.9. The molecule has 1 amide bonds. The summed E-state index contributed by atoms with van der Waals surface area (Å²) in [6, 6.07) is 6.32. The fraction of sp³-hybridized carbons (Fsp3) is 0.462. The van der Waals surface area contributed by atoms with Crippen LogP contribution < -0.4 is 11.1 Å². The Labute approximate surface area is 106 Å². The minimum absolute atomic E-state index is 0.0568. The monoisotopic (exact) mass is 250 g/mol. The molecule has 0 radical (unpaired) electrons. The van der Waals surface area contributed by atoms with Crippen LogP contribution in [0.5, 0.6) is 0 Å². The van der Waals surface area contributed by atoms with Crippen molar-refractivity contribution in [1.29, 1.82) is 0 Å². The second-order valence-corrected chi connectivity index (χ2v) is 5.98. The van der Waals surface area contributed by atoms with Crippen LogP contribution in [0.3, 0.4) is 0 Å². The largest absolute Gasteiger partial charge is 0.399 e. The first-order valence-corrected chi connectivity index (χ1v) is 6.77. The fourth-order valence-corrected chi connectivity index (χ4v) is 2.50.